The standard InChI is InChI=1S/C8H15N3O/c1-3-11-6-4-9-8(11)10-5-7-12-2/h4,6H,3,5,7H2,1-2H3,(H,9,10). The minimum Gasteiger partial charge on any atom is -0.383 e. The number of imidazole rings is 1. The van der Waals surface area contributed by atoms with Crippen LogP contribution in [0.5, 0.6) is 0 Å². The fraction of sp³-hybridized carbons (Fsp3) is 0.625. The molecule has 0 bridgehead atoms. The number of ether oxygens (including phenoxy) is 1. The monoisotopic (exact) mass is 169 g/mol. The number of aromatic nitrogens is 2. The summed E-state index contributed by atoms with van der Waals surface area (Å²) in [6.45, 7) is 4.53. The summed E-state index contributed by atoms with van der Waals surface area (Å²) < 4.78 is 6.97. The van der Waals surface area contributed by atoms with Gasteiger partial charge in [-0.1, -0.05) is 0 Å². The molecule has 0 spiro atoms. The van der Waals surface area contributed by atoms with Crippen LogP contribution in [0, 0.1) is 0 Å². The van der Waals surface area contributed by atoms with E-state index in [0.29, 0.717) is 6.61 Å². The highest BCUT2D eigenvalue weighted by atomic mass is 16.5. The zero-order valence-electron chi connectivity index (χ0n) is 7.58. The SMILES string of the molecule is CCn1ccnc1NCCOC. The molecular formula is C8H15N3O. The molecule has 0 amide bonds. The molecule has 0 saturated carbocycles. The molecule has 1 aromatic rings. The van der Waals surface area contributed by atoms with Crippen LogP contribution in [0.3, 0.4) is 0 Å². The minimum atomic E-state index is 0.705. The second-order valence-electron chi connectivity index (χ2n) is 2.46. The van der Waals surface area contributed by atoms with Crippen molar-refractivity contribution in [3.05, 3.63) is 12.4 Å². The van der Waals surface area contributed by atoms with Crippen molar-refractivity contribution in [1.29, 1.82) is 0 Å². The second-order valence-corrected chi connectivity index (χ2v) is 2.46. The van der Waals surface area contributed by atoms with Crippen molar-refractivity contribution in [3.8, 4) is 0 Å². The summed E-state index contributed by atoms with van der Waals surface area (Å²) in [5.74, 6) is 0.912. The molecule has 1 aromatic heterocycles. The topological polar surface area (TPSA) is 39.1 Å². The normalized spacial score (nSPS) is 10.2. The van der Waals surface area contributed by atoms with Gasteiger partial charge < -0.3 is 14.6 Å². The largest absolute Gasteiger partial charge is 0.383 e. The first-order chi connectivity index (χ1) is 5.88. The van der Waals surface area contributed by atoms with E-state index in [1.807, 2.05) is 6.20 Å². The molecule has 4 nitrogen and oxygen atoms in total. The third-order valence-electron chi connectivity index (χ3n) is 1.65. The van der Waals surface area contributed by atoms with E-state index in [1.54, 1.807) is 13.3 Å². The Morgan fingerprint density at radius 1 is 1.67 bits per heavy atom. The van der Waals surface area contributed by atoms with E-state index in [4.69, 9.17) is 4.74 Å². The number of nitrogens with one attached hydrogen (secondary N) is 1. The zero-order valence-corrected chi connectivity index (χ0v) is 7.58. The predicted molar refractivity (Wildman–Crippen MR) is 48.3 cm³/mol. The van der Waals surface area contributed by atoms with Gasteiger partial charge >= 0.3 is 0 Å². The van der Waals surface area contributed by atoms with Crippen LogP contribution in [0.15, 0.2) is 12.4 Å². The van der Waals surface area contributed by atoms with Gasteiger partial charge in [0.15, 0.2) is 0 Å². The lowest BCUT2D eigenvalue weighted by atomic mass is 10.6. The van der Waals surface area contributed by atoms with Crippen LogP contribution in [0.4, 0.5) is 5.95 Å². The molecule has 12 heavy (non-hydrogen) atoms. The van der Waals surface area contributed by atoms with Crippen LogP contribution >= 0.6 is 0 Å². The molecule has 4 heteroatoms. The summed E-state index contributed by atoms with van der Waals surface area (Å²) in [5, 5.41) is 3.17. The van der Waals surface area contributed by atoms with E-state index < -0.39 is 0 Å². The lowest BCUT2D eigenvalue weighted by molar-refractivity contribution is 0.210. The average molecular weight is 169 g/mol. The molecule has 0 fully saturated rings. The number of aryl methyl sites for hydroxylation is 1. The van der Waals surface area contributed by atoms with Gasteiger partial charge in [0.1, 0.15) is 0 Å². The van der Waals surface area contributed by atoms with Crippen molar-refractivity contribution in [3.63, 3.8) is 0 Å². The highest BCUT2D eigenvalue weighted by Gasteiger charge is 1.97. The Hall–Kier alpha value is -1.03. The smallest absolute Gasteiger partial charge is 0.202 e. The third kappa shape index (κ3) is 2.23. The summed E-state index contributed by atoms with van der Waals surface area (Å²) in [6, 6.07) is 0. The fourth-order valence-corrected chi connectivity index (χ4v) is 0.996. The van der Waals surface area contributed by atoms with Gasteiger partial charge in [0, 0.05) is 32.6 Å². The Balaban J connectivity index is 2.39. The van der Waals surface area contributed by atoms with Gasteiger partial charge in [-0.25, -0.2) is 4.98 Å². The van der Waals surface area contributed by atoms with Crippen LogP contribution < -0.4 is 5.32 Å². The zero-order chi connectivity index (χ0) is 8.81. The van der Waals surface area contributed by atoms with Crippen molar-refractivity contribution in [2.75, 3.05) is 25.6 Å². The number of hydrogen-bond acceptors (Lipinski definition) is 3. The molecule has 1 heterocycles. The summed E-state index contributed by atoms with van der Waals surface area (Å²) in [7, 11) is 1.69. The van der Waals surface area contributed by atoms with E-state index >= 15 is 0 Å². The highest BCUT2D eigenvalue weighted by molar-refractivity contribution is 5.25. The molecule has 0 aliphatic rings. The van der Waals surface area contributed by atoms with E-state index in [1.165, 1.54) is 0 Å². The Bertz CT molecular complexity index is 222. The predicted octanol–water partition coefficient (Wildman–Crippen LogP) is 0.961. The van der Waals surface area contributed by atoms with E-state index in [2.05, 4.69) is 21.8 Å². The van der Waals surface area contributed by atoms with Crippen molar-refractivity contribution >= 4 is 5.95 Å². The Morgan fingerprint density at radius 3 is 3.17 bits per heavy atom. The van der Waals surface area contributed by atoms with Crippen LogP contribution in [-0.2, 0) is 11.3 Å². The molecule has 0 unspecified atom stereocenters. The molecule has 0 radical (unpaired) electrons. The highest BCUT2D eigenvalue weighted by Crippen LogP contribution is 2.02. The molecule has 0 aliphatic carbocycles. The van der Waals surface area contributed by atoms with Gasteiger partial charge in [0.05, 0.1) is 6.61 Å². The molecule has 0 aliphatic heterocycles. The summed E-state index contributed by atoms with van der Waals surface area (Å²) in [4.78, 5) is 4.16. The molecule has 0 atom stereocenters. The number of hydrogen-bond donors (Lipinski definition) is 1. The van der Waals surface area contributed by atoms with Crippen LogP contribution in [0.2, 0.25) is 0 Å². The van der Waals surface area contributed by atoms with Crippen molar-refractivity contribution in [2.45, 2.75) is 13.5 Å². The summed E-state index contributed by atoms with van der Waals surface area (Å²) in [6.07, 6.45) is 3.74. The van der Waals surface area contributed by atoms with Gasteiger partial charge in [-0.3, -0.25) is 0 Å². The maximum Gasteiger partial charge on any atom is 0.202 e. The molecule has 68 valence electrons. The average Bonchev–Trinajstić information content (AvgIpc) is 2.52. The van der Waals surface area contributed by atoms with Crippen molar-refractivity contribution in [2.24, 2.45) is 0 Å². The van der Waals surface area contributed by atoms with Gasteiger partial charge in [-0.2, -0.15) is 0 Å². The Morgan fingerprint density at radius 2 is 2.50 bits per heavy atom. The minimum absolute atomic E-state index is 0.705. The Labute approximate surface area is 72.6 Å². The maximum absolute atomic E-state index is 4.91. The van der Waals surface area contributed by atoms with Crippen LogP contribution in [0.1, 0.15) is 6.92 Å². The molecule has 1 N–H and O–H groups in total. The van der Waals surface area contributed by atoms with E-state index in [0.717, 1.165) is 19.0 Å². The number of nitrogens with zero attached hydrogens (tertiary/aromatic N) is 2. The van der Waals surface area contributed by atoms with Crippen molar-refractivity contribution < 1.29 is 4.74 Å². The molecule has 0 aromatic carbocycles. The van der Waals surface area contributed by atoms with Gasteiger partial charge in [-0.05, 0) is 6.92 Å². The first-order valence-electron chi connectivity index (χ1n) is 4.12. The molecule has 0 saturated heterocycles. The summed E-state index contributed by atoms with van der Waals surface area (Å²) >= 11 is 0. The number of rotatable bonds is 5. The van der Waals surface area contributed by atoms with Crippen molar-refractivity contribution in [1.82, 2.24) is 9.55 Å². The lowest BCUT2D eigenvalue weighted by Gasteiger charge is -2.06. The summed E-state index contributed by atoms with van der Waals surface area (Å²) in [5.41, 5.74) is 0. The number of anilines is 1. The van der Waals surface area contributed by atoms with E-state index in [9.17, 15) is 0 Å². The Kier molecular flexibility index (Phi) is 3.60. The van der Waals surface area contributed by atoms with Gasteiger partial charge in [0.2, 0.25) is 5.95 Å². The maximum atomic E-state index is 4.91. The van der Waals surface area contributed by atoms with Crippen LogP contribution in [-0.4, -0.2) is 29.8 Å². The number of methoxy groups -OCH3 is 1. The lowest BCUT2D eigenvalue weighted by Crippen LogP contribution is -2.11. The first-order valence-corrected chi connectivity index (χ1v) is 4.12. The molecule has 1 rings (SSSR count). The van der Waals surface area contributed by atoms with Crippen LogP contribution in [0.25, 0.3) is 0 Å². The molecular weight excluding hydrogens is 154 g/mol. The third-order valence-corrected chi connectivity index (χ3v) is 1.65. The first kappa shape index (κ1) is 9.06. The van der Waals surface area contributed by atoms with Gasteiger partial charge in [0.25, 0.3) is 0 Å². The second kappa shape index (κ2) is 4.77. The fourth-order valence-electron chi connectivity index (χ4n) is 0.996. The van der Waals surface area contributed by atoms with E-state index in [-0.39, 0.29) is 0 Å². The van der Waals surface area contributed by atoms with Gasteiger partial charge in [-0.15, -0.1) is 0 Å². The quantitative estimate of drug-likeness (QED) is 0.667.